The highest BCUT2D eigenvalue weighted by Gasteiger charge is 2.35. The fourth-order valence-electron chi connectivity index (χ4n) is 3.56. The number of rotatable bonds is 2. The summed E-state index contributed by atoms with van der Waals surface area (Å²) in [6.07, 6.45) is 2.32. The van der Waals surface area contributed by atoms with Crippen molar-refractivity contribution in [3.8, 4) is 0 Å². The molecule has 0 unspecified atom stereocenters. The van der Waals surface area contributed by atoms with Crippen LogP contribution in [0.4, 0.5) is 0 Å². The van der Waals surface area contributed by atoms with Crippen LogP contribution in [0.3, 0.4) is 0 Å². The molecule has 0 aliphatic carbocycles. The van der Waals surface area contributed by atoms with E-state index in [0.717, 1.165) is 37.9 Å². The summed E-state index contributed by atoms with van der Waals surface area (Å²) in [6.45, 7) is 3.23. The van der Waals surface area contributed by atoms with Gasteiger partial charge in [0.1, 0.15) is 0 Å². The van der Waals surface area contributed by atoms with Crippen molar-refractivity contribution < 1.29 is 9.21 Å². The van der Waals surface area contributed by atoms with Crippen LogP contribution >= 0.6 is 23.2 Å². The van der Waals surface area contributed by atoms with Gasteiger partial charge in [0.05, 0.1) is 5.02 Å². The third kappa shape index (κ3) is 2.49. The molecule has 3 aliphatic rings. The zero-order chi connectivity index (χ0) is 15.3. The van der Waals surface area contributed by atoms with Gasteiger partial charge in [-0.3, -0.25) is 4.79 Å². The molecule has 4 heterocycles. The minimum atomic E-state index is -0.179. The number of halogens is 2. The molecule has 3 saturated heterocycles. The lowest BCUT2D eigenvalue weighted by molar-refractivity contribution is 0.0607. The summed E-state index contributed by atoms with van der Waals surface area (Å²) < 4.78 is 5.62. The van der Waals surface area contributed by atoms with Crippen LogP contribution in [-0.2, 0) is 0 Å². The SMILES string of the molecule is O=C(N[C@@H]1CN2CCC1CC2)c1cc2cc(Cl)cc(Cl)c2o1. The summed E-state index contributed by atoms with van der Waals surface area (Å²) in [5.74, 6) is 0.689. The zero-order valence-electron chi connectivity index (χ0n) is 11.9. The molecule has 1 N–H and O–H groups in total. The van der Waals surface area contributed by atoms with Crippen LogP contribution < -0.4 is 5.32 Å². The number of amides is 1. The third-order valence-corrected chi connectivity index (χ3v) is 5.23. The monoisotopic (exact) mass is 338 g/mol. The Kier molecular flexibility index (Phi) is 3.56. The predicted molar refractivity (Wildman–Crippen MR) is 86.7 cm³/mol. The van der Waals surface area contributed by atoms with E-state index in [9.17, 15) is 4.79 Å². The van der Waals surface area contributed by atoms with E-state index in [-0.39, 0.29) is 17.7 Å². The minimum absolute atomic E-state index is 0.179. The highest BCUT2D eigenvalue weighted by Crippen LogP contribution is 2.31. The van der Waals surface area contributed by atoms with Gasteiger partial charge >= 0.3 is 0 Å². The average Bonchev–Trinajstić information content (AvgIpc) is 2.93. The Balaban J connectivity index is 1.56. The van der Waals surface area contributed by atoms with Crippen molar-refractivity contribution in [1.29, 1.82) is 0 Å². The summed E-state index contributed by atoms with van der Waals surface area (Å²) in [4.78, 5) is 14.9. The second-order valence-electron chi connectivity index (χ2n) is 6.13. The zero-order valence-corrected chi connectivity index (χ0v) is 13.5. The van der Waals surface area contributed by atoms with Crippen LogP contribution in [-0.4, -0.2) is 36.5 Å². The standard InChI is InChI=1S/C16H16Cl2N2O2/c17-11-5-10-6-14(22-15(10)12(18)7-11)16(21)19-13-8-20-3-1-9(13)2-4-20/h5-7,9,13H,1-4,8H2,(H,19,21)/t13-/m1/s1. The molecular weight excluding hydrogens is 323 g/mol. The lowest BCUT2D eigenvalue weighted by Gasteiger charge is -2.44. The molecule has 1 amide bonds. The number of furan rings is 1. The second kappa shape index (κ2) is 5.44. The molecular formula is C16H16Cl2N2O2. The molecule has 4 nitrogen and oxygen atoms in total. The van der Waals surface area contributed by atoms with Crippen molar-refractivity contribution in [3.05, 3.63) is 34.0 Å². The molecule has 116 valence electrons. The number of nitrogens with one attached hydrogen (secondary N) is 1. The molecule has 0 spiro atoms. The first kappa shape index (κ1) is 14.4. The molecule has 1 aromatic heterocycles. The molecule has 5 rings (SSSR count). The number of hydrogen-bond acceptors (Lipinski definition) is 3. The number of carbonyl (C=O) groups excluding carboxylic acids is 1. The Hall–Kier alpha value is -1.23. The maximum atomic E-state index is 12.5. The van der Waals surface area contributed by atoms with Crippen molar-refractivity contribution in [3.63, 3.8) is 0 Å². The van der Waals surface area contributed by atoms with Crippen molar-refractivity contribution in [2.75, 3.05) is 19.6 Å². The second-order valence-corrected chi connectivity index (χ2v) is 6.98. The molecule has 22 heavy (non-hydrogen) atoms. The molecule has 2 aromatic rings. The molecule has 0 saturated carbocycles. The van der Waals surface area contributed by atoms with Gasteiger partial charge in [-0.25, -0.2) is 0 Å². The van der Waals surface area contributed by atoms with Gasteiger partial charge in [0.15, 0.2) is 11.3 Å². The Morgan fingerprint density at radius 2 is 2.00 bits per heavy atom. The van der Waals surface area contributed by atoms with Crippen molar-refractivity contribution in [2.45, 2.75) is 18.9 Å². The molecule has 2 bridgehead atoms. The van der Waals surface area contributed by atoms with Crippen LogP contribution in [0, 0.1) is 5.92 Å². The molecule has 6 heteroatoms. The van der Waals surface area contributed by atoms with E-state index < -0.39 is 0 Å². The Bertz CT molecular complexity index is 735. The van der Waals surface area contributed by atoms with Crippen LogP contribution in [0.15, 0.2) is 22.6 Å². The fraction of sp³-hybridized carbons (Fsp3) is 0.438. The van der Waals surface area contributed by atoms with Gasteiger partial charge in [0.2, 0.25) is 0 Å². The first-order valence-corrected chi connectivity index (χ1v) is 8.27. The van der Waals surface area contributed by atoms with Crippen molar-refractivity contribution >= 4 is 40.1 Å². The number of fused-ring (bicyclic) bond motifs is 4. The van der Waals surface area contributed by atoms with Gasteiger partial charge in [-0.1, -0.05) is 23.2 Å². The minimum Gasteiger partial charge on any atom is -0.449 e. The van der Waals surface area contributed by atoms with Crippen molar-refractivity contribution in [1.82, 2.24) is 10.2 Å². The van der Waals surface area contributed by atoms with Crippen molar-refractivity contribution in [2.24, 2.45) is 5.92 Å². The van der Waals surface area contributed by atoms with Gasteiger partial charge in [0, 0.05) is 23.0 Å². The van der Waals surface area contributed by atoms with Crippen LogP contribution in [0.2, 0.25) is 10.0 Å². The van der Waals surface area contributed by atoms with Gasteiger partial charge < -0.3 is 14.6 Å². The Morgan fingerprint density at radius 1 is 1.23 bits per heavy atom. The largest absolute Gasteiger partial charge is 0.449 e. The molecule has 3 fully saturated rings. The van der Waals surface area contributed by atoms with E-state index in [1.165, 1.54) is 0 Å². The summed E-state index contributed by atoms with van der Waals surface area (Å²) >= 11 is 12.1. The van der Waals surface area contributed by atoms with Crippen LogP contribution in [0.1, 0.15) is 23.4 Å². The number of benzene rings is 1. The molecule has 1 atom stereocenters. The van der Waals surface area contributed by atoms with Crippen LogP contribution in [0.5, 0.6) is 0 Å². The molecule has 1 aromatic carbocycles. The summed E-state index contributed by atoms with van der Waals surface area (Å²) in [5, 5.41) is 4.81. The maximum absolute atomic E-state index is 12.5. The van der Waals surface area contributed by atoms with E-state index in [4.69, 9.17) is 27.6 Å². The van der Waals surface area contributed by atoms with Gasteiger partial charge in [-0.05, 0) is 50.0 Å². The molecule has 0 radical (unpaired) electrons. The predicted octanol–water partition coefficient (Wildman–Crippen LogP) is 3.56. The van der Waals surface area contributed by atoms with Crippen LogP contribution in [0.25, 0.3) is 11.0 Å². The third-order valence-electron chi connectivity index (χ3n) is 4.73. The topological polar surface area (TPSA) is 45.5 Å². The van der Waals surface area contributed by atoms with Gasteiger partial charge in [-0.2, -0.15) is 0 Å². The van der Waals surface area contributed by atoms with E-state index in [2.05, 4.69) is 10.2 Å². The van der Waals surface area contributed by atoms with E-state index >= 15 is 0 Å². The molecule has 3 aliphatic heterocycles. The van der Waals surface area contributed by atoms with E-state index in [1.54, 1.807) is 18.2 Å². The number of hydrogen-bond donors (Lipinski definition) is 1. The van der Waals surface area contributed by atoms with Gasteiger partial charge in [0.25, 0.3) is 5.91 Å². The maximum Gasteiger partial charge on any atom is 0.287 e. The average molecular weight is 339 g/mol. The summed E-state index contributed by atoms with van der Waals surface area (Å²) in [5.41, 5.74) is 0.505. The smallest absolute Gasteiger partial charge is 0.287 e. The first-order valence-electron chi connectivity index (χ1n) is 7.52. The Labute approximate surface area is 138 Å². The lowest BCUT2D eigenvalue weighted by Crippen LogP contribution is -2.57. The number of nitrogens with zero attached hydrogens (tertiary/aromatic N) is 1. The first-order chi connectivity index (χ1) is 10.6. The highest BCUT2D eigenvalue weighted by atomic mass is 35.5. The number of carbonyl (C=O) groups is 1. The summed E-state index contributed by atoms with van der Waals surface area (Å²) in [6, 6.07) is 5.27. The lowest BCUT2D eigenvalue weighted by atomic mass is 9.84. The number of piperidine rings is 3. The van der Waals surface area contributed by atoms with E-state index in [1.807, 2.05) is 0 Å². The van der Waals surface area contributed by atoms with Gasteiger partial charge in [-0.15, -0.1) is 0 Å². The quantitative estimate of drug-likeness (QED) is 0.910. The highest BCUT2D eigenvalue weighted by molar-refractivity contribution is 6.38. The van der Waals surface area contributed by atoms with E-state index in [0.29, 0.717) is 21.5 Å². The summed E-state index contributed by atoms with van der Waals surface area (Å²) in [7, 11) is 0. The Morgan fingerprint density at radius 3 is 2.68 bits per heavy atom. The normalized spacial score (nSPS) is 27.3. The fourth-order valence-corrected chi connectivity index (χ4v) is 4.10.